The Bertz CT molecular complexity index is 612. The molecule has 2 aromatic rings. The van der Waals surface area contributed by atoms with Crippen LogP contribution in [0.25, 0.3) is 0 Å². The number of Topliss-reactive ketones (excluding diaryl/α,β-unsaturated/α-hetero) is 1. The maximum atomic E-state index is 12.1. The van der Waals surface area contributed by atoms with Crippen LogP contribution in [0.15, 0.2) is 60.7 Å². The van der Waals surface area contributed by atoms with E-state index in [1.54, 1.807) is 0 Å². The lowest BCUT2D eigenvalue weighted by molar-refractivity contribution is -0.0302. The van der Waals surface area contributed by atoms with Gasteiger partial charge in [-0.3, -0.25) is 9.69 Å². The van der Waals surface area contributed by atoms with Crippen molar-refractivity contribution in [1.29, 1.82) is 0 Å². The van der Waals surface area contributed by atoms with Crippen LogP contribution in [0.3, 0.4) is 0 Å². The summed E-state index contributed by atoms with van der Waals surface area (Å²) in [5, 5.41) is 0. The van der Waals surface area contributed by atoms with Gasteiger partial charge >= 0.3 is 0 Å². The molecule has 0 N–H and O–H groups in total. The van der Waals surface area contributed by atoms with Crippen molar-refractivity contribution in [2.24, 2.45) is 0 Å². The van der Waals surface area contributed by atoms with E-state index in [1.165, 1.54) is 5.56 Å². The average molecular weight is 309 g/mol. The minimum Gasteiger partial charge on any atom is -0.371 e. The predicted molar refractivity (Wildman–Crippen MR) is 91.6 cm³/mol. The molecule has 1 aliphatic rings. The van der Waals surface area contributed by atoms with E-state index in [-0.39, 0.29) is 11.9 Å². The van der Waals surface area contributed by atoms with Gasteiger partial charge in [0.15, 0.2) is 5.78 Å². The molecule has 0 spiro atoms. The highest BCUT2D eigenvalue weighted by Gasteiger charge is 2.21. The first-order valence-corrected chi connectivity index (χ1v) is 8.30. The molecule has 0 aliphatic carbocycles. The van der Waals surface area contributed by atoms with E-state index >= 15 is 0 Å². The lowest BCUT2D eigenvalue weighted by Gasteiger charge is -2.33. The molecular formula is C20H23NO2. The molecule has 0 amide bonds. The Morgan fingerprint density at radius 2 is 1.74 bits per heavy atom. The molecule has 1 atom stereocenters. The highest BCUT2D eigenvalue weighted by Crippen LogP contribution is 2.22. The smallest absolute Gasteiger partial charge is 0.162 e. The molecule has 2 aromatic carbocycles. The highest BCUT2D eigenvalue weighted by atomic mass is 16.5. The number of hydrogen-bond donors (Lipinski definition) is 0. The number of ether oxygens (including phenoxy) is 1. The van der Waals surface area contributed by atoms with Gasteiger partial charge in [-0.15, -0.1) is 0 Å². The predicted octanol–water partition coefficient (Wildman–Crippen LogP) is 3.72. The fourth-order valence-corrected chi connectivity index (χ4v) is 3.01. The van der Waals surface area contributed by atoms with Crippen molar-refractivity contribution in [3.05, 3.63) is 71.8 Å². The SMILES string of the molecule is O=C(CCCN1CCO[C@H](c2ccccc2)C1)c1ccccc1. The third kappa shape index (κ3) is 4.50. The molecule has 3 heteroatoms. The third-order valence-electron chi connectivity index (χ3n) is 4.30. The molecule has 0 aromatic heterocycles. The lowest BCUT2D eigenvalue weighted by Crippen LogP contribution is -2.38. The largest absolute Gasteiger partial charge is 0.371 e. The van der Waals surface area contributed by atoms with Gasteiger partial charge in [-0.25, -0.2) is 0 Å². The number of hydrogen-bond acceptors (Lipinski definition) is 3. The highest BCUT2D eigenvalue weighted by molar-refractivity contribution is 5.95. The van der Waals surface area contributed by atoms with Crippen molar-refractivity contribution in [3.63, 3.8) is 0 Å². The topological polar surface area (TPSA) is 29.5 Å². The zero-order valence-electron chi connectivity index (χ0n) is 13.4. The molecule has 3 rings (SSSR count). The van der Waals surface area contributed by atoms with E-state index in [2.05, 4.69) is 29.2 Å². The van der Waals surface area contributed by atoms with Gasteiger partial charge in [-0.2, -0.15) is 0 Å². The Kier molecular flexibility index (Phi) is 5.56. The summed E-state index contributed by atoms with van der Waals surface area (Å²) >= 11 is 0. The van der Waals surface area contributed by atoms with E-state index in [0.29, 0.717) is 6.42 Å². The summed E-state index contributed by atoms with van der Waals surface area (Å²) in [5.74, 6) is 0.235. The van der Waals surface area contributed by atoms with Gasteiger partial charge in [0.2, 0.25) is 0 Å². The number of rotatable bonds is 6. The van der Waals surface area contributed by atoms with Crippen LogP contribution in [-0.2, 0) is 4.74 Å². The fourth-order valence-electron chi connectivity index (χ4n) is 3.01. The van der Waals surface area contributed by atoms with Gasteiger partial charge in [0.1, 0.15) is 0 Å². The minimum absolute atomic E-state index is 0.148. The van der Waals surface area contributed by atoms with Crippen molar-refractivity contribution in [2.45, 2.75) is 18.9 Å². The van der Waals surface area contributed by atoms with Crippen LogP contribution in [0.4, 0.5) is 0 Å². The summed E-state index contributed by atoms with van der Waals surface area (Å²) in [6.45, 7) is 3.56. The van der Waals surface area contributed by atoms with Crippen LogP contribution in [0, 0.1) is 0 Å². The van der Waals surface area contributed by atoms with Gasteiger partial charge in [0.25, 0.3) is 0 Å². The van der Waals surface area contributed by atoms with Gasteiger partial charge in [-0.1, -0.05) is 60.7 Å². The number of benzene rings is 2. The maximum absolute atomic E-state index is 12.1. The molecule has 120 valence electrons. The Balaban J connectivity index is 1.46. The second-order valence-electron chi connectivity index (χ2n) is 5.96. The van der Waals surface area contributed by atoms with E-state index in [4.69, 9.17) is 4.74 Å². The van der Waals surface area contributed by atoms with E-state index in [1.807, 2.05) is 36.4 Å². The van der Waals surface area contributed by atoms with Crippen molar-refractivity contribution in [1.82, 2.24) is 4.90 Å². The Morgan fingerprint density at radius 1 is 1.04 bits per heavy atom. The van der Waals surface area contributed by atoms with E-state index in [9.17, 15) is 4.79 Å². The number of carbonyl (C=O) groups is 1. The van der Waals surface area contributed by atoms with Crippen molar-refractivity contribution in [3.8, 4) is 0 Å². The fraction of sp³-hybridized carbons (Fsp3) is 0.350. The van der Waals surface area contributed by atoms with E-state index in [0.717, 1.165) is 38.2 Å². The normalized spacial score (nSPS) is 18.7. The Hall–Kier alpha value is -1.97. The van der Waals surface area contributed by atoms with Crippen LogP contribution in [0.1, 0.15) is 34.9 Å². The Morgan fingerprint density at radius 3 is 2.48 bits per heavy atom. The molecule has 1 fully saturated rings. The third-order valence-corrected chi connectivity index (χ3v) is 4.30. The monoisotopic (exact) mass is 309 g/mol. The molecule has 0 radical (unpaired) electrons. The second kappa shape index (κ2) is 8.04. The standard InChI is InChI=1S/C20H23NO2/c22-19(17-8-3-1-4-9-17)12-7-13-21-14-15-23-20(16-21)18-10-5-2-6-11-18/h1-6,8-11,20H,7,12-16H2/t20-/m0/s1. The molecule has 0 unspecified atom stereocenters. The molecule has 1 aliphatic heterocycles. The second-order valence-corrected chi connectivity index (χ2v) is 5.96. The number of nitrogens with zero attached hydrogens (tertiary/aromatic N) is 1. The summed E-state index contributed by atoms with van der Waals surface area (Å²) in [6.07, 6.45) is 1.65. The number of ketones is 1. The van der Waals surface area contributed by atoms with Crippen LogP contribution in [-0.4, -0.2) is 36.9 Å². The van der Waals surface area contributed by atoms with Gasteiger partial charge in [-0.05, 0) is 18.5 Å². The molecule has 1 saturated heterocycles. The molecule has 23 heavy (non-hydrogen) atoms. The van der Waals surface area contributed by atoms with Crippen LogP contribution in [0.5, 0.6) is 0 Å². The minimum atomic E-state index is 0.148. The molecule has 3 nitrogen and oxygen atoms in total. The molecule has 0 saturated carbocycles. The summed E-state index contributed by atoms with van der Waals surface area (Å²) in [5.41, 5.74) is 2.05. The quantitative estimate of drug-likeness (QED) is 0.762. The van der Waals surface area contributed by atoms with Crippen LogP contribution < -0.4 is 0 Å². The molecule has 0 bridgehead atoms. The summed E-state index contributed by atoms with van der Waals surface area (Å²) in [6, 6.07) is 19.9. The van der Waals surface area contributed by atoms with Crippen molar-refractivity contribution < 1.29 is 9.53 Å². The summed E-state index contributed by atoms with van der Waals surface area (Å²) in [7, 11) is 0. The van der Waals surface area contributed by atoms with Gasteiger partial charge < -0.3 is 4.74 Å². The van der Waals surface area contributed by atoms with E-state index < -0.39 is 0 Å². The van der Waals surface area contributed by atoms with Gasteiger partial charge in [0.05, 0.1) is 12.7 Å². The first kappa shape index (κ1) is 15.9. The number of carbonyl (C=O) groups excluding carboxylic acids is 1. The lowest BCUT2D eigenvalue weighted by atomic mass is 10.1. The molecular weight excluding hydrogens is 286 g/mol. The van der Waals surface area contributed by atoms with Crippen molar-refractivity contribution >= 4 is 5.78 Å². The molecule has 1 heterocycles. The van der Waals surface area contributed by atoms with Crippen molar-refractivity contribution in [2.75, 3.05) is 26.2 Å². The van der Waals surface area contributed by atoms with Gasteiger partial charge in [0, 0.05) is 25.1 Å². The summed E-state index contributed by atoms with van der Waals surface area (Å²) < 4.78 is 5.88. The average Bonchev–Trinajstić information content (AvgIpc) is 2.63. The zero-order valence-corrected chi connectivity index (χ0v) is 13.4. The Labute approximate surface area is 137 Å². The van der Waals surface area contributed by atoms with Crippen LogP contribution >= 0.6 is 0 Å². The first-order valence-electron chi connectivity index (χ1n) is 8.30. The first-order chi connectivity index (χ1) is 11.3. The summed E-state index contributed by atoms with van der Waals surface area (Å²) in [4.78, 5) is 14.5. The maximum Gasteiger partial charge on any atom is 0.162 e. The zero-order chi connectivity index (χ0) is 15.9. The number of morpholine rings is 1. The van der Waals surface area contributed by atoms with Crippen LogP contribution in [0.2, 0.25) is 0 Å².